The number of aromatic amines is 1. The molecule has 3 heteroatoms. The lowest BCUT2D eigenvalue weighted by molar-refractivity contribution is 0.0926. The number of nitrogens with one attached hydrogen (secondary N) is 2. The minimum Gasteiger partial charge on any atom is -0.351 e. The topological polar surface area (TPSA) is 44.9 Å². The zero-order valence-corrected chi connectivity index (χ0v) is 10.4. The Bertz CT molecular complexity index is 495. The second kappa shape index (κ2) is 4.62. The molecule has 1 aromatic carbocycles. The van der Waals surface area contributed by atoms with Crippen LogP contribution in [-0.4, -0.2) is 16.9 Å². The summed E-state index contributed by atoms with van der Waals surface area (Å²) in [4.78, 5) is 15.1. The third-order valence-corrected chi connectivity index (χ3v) is 3.13. The van der Waals surface area contributed by atoms with E-state index in [0.29, 0.717) is 11.6 Å². The molecule has 1 amide bonds. The van der Waals surface area contributed by atoms with E-state index in [-0.39, 0.29) is 11.9 Å². The Kier molecular flexibility index (Phi) is 3.18. The fourth-order valence-electron chi connectivity index (χ4n) is 1.65. The monoisotopic (exact) mass is 230 g/mol. The fraction of sp³-hybridized carbons (Fsp3) is 0.357. The first kappa shape index (κ1) is 11.7. The summed E-state index contributed by atoms with van der Waals surface area (Å²) in [5.74, 6) is 0.394. The van der Waals surface area contributed by atoms with Crippen molar-refractivity contribution in [2.75, 3.05) is 0 Å². The molecule has 0 saturated heterocycles. The standard InChI is InChI=1S/C14H18N2O/c1-9(2)10(3)15-14(17)13-8-11-6-4-5-7-12(11)16-13/h4-10,16H,1-3H3,(H,15,17). The zero-order chi connectivity index (χ0) is 12.4. The highest BCUT2D eigenvalue weighted by molar-refractivity contribution is 5.98. The predicted octanol–water partition coefficient (Wildman–Crippen LogP) is 2.94. The molecule has 0 aliphatic carbocycles. The molecule has 2 N–H and O–H groups in total. The van der Waals surface area contributed by atoms with Gasteiger partial charge in [-0.3, -0.25) is 4.79 Å². The number of carbonyl (C=O) groups excluding carboxylic acids is 1. The van der Waals surface area contributed by atoms with Gasteiger partial charge in [0, 0.05) is 16.9 Å². The van der Waals surface area contributed by atoms with E-state index >= 15 is 0 Å². The van der Waals surface area contributed by atoms with Crippen LogP contribution in [-0.2, 0) is 0 Å². The molecule has 0 bridgehead atoms. The molecule has 0 spiro atoms. The summed E-state index contributed by atoms with van der Waals surface area (Å²) in [6.07, 6.45) is 0. The van der Waals surface area contributed by atoms with Gasteiger partial charge < -0.3 is 10.3 Å². The highest BCUT2D eigenvalue weighted by atomic mass is 16.1. The third kappa shape index (κ3) is 2.49. The van der Waals surface area contributed by atoms with Gasteiger partial charge in [-0.25, -0.2) is 0 Å². The Morgan fingerprint density at radius 2 is 1.94 bits per heavy atom. The van der Waals surface area contributed by atoms with E-state index in [1.54, 1.807) is 0 Å². The Morgan fingerprint density at radius 3 is 2.59 bits per heavy atom. The normalized spacial score (nSPS) is 12.9. The molecule has 3 nitrogen and oxygen atoms in total. The molecule has 1 unspecified atom stereocenters. The number of H-pyrrole nitrogens is 1. The van der Waals surface area contributed by atoms with Crippen LogP contribution >= 0.6 is 0 Å². The van der Waals surface area contributed by atoms with Crippen molar-refractivity contribution in [2.45, 2.75) is 26.8 Å². The lowest BCUT2D eigenvalue weighted by Crippen LogP contribution is -2.36. The molecule has 2 rings (SSSR count). The number of amides is 1. The summed E-state index contributed by atoms with van der Waals surface area (Å²) in [5, 5.41) is 4.05. The van der Waals surface area contributed by atoms with Crippen molar-refractivity contribution in [3.05, 3.63) is 36.0 Å². The van der Waals surface area contributed by atoms with E-state index in [0.717, 1.165) is 10.9 Å². The van der Waals surface area contributed by atoms with Gasteiger partial charge >= 0.3 is 0 Å². The Balaban J connectivity index is 2.19. The highest BCUT2D eigenvalue weighted by Gasteiger charge is 2.14. The molecule has 0 aliphatic rings. The van der Waals surface area contributed by atoms with Crippen molar-refractivity contribution in [2.24, 2.45) is 5.92 Å². The van der Waals surface area contributed by atoms with Gasteiger partial charge in [-0.05, 0) is 25.0 Å². The number of aromatic nitrogens is 1. The molecule has 0 aliphatic heterocycles. The third-order valence-electron chi connectivity index (χ3n) is 3.13. The molecule has 1 aromatic heterocycles. The quantitative estimate of drug-likeness (QED) is 0.836. The molecular weight excluding hydrogens is 212 g/mol. The van der Waals surface area contributed by atoms with Crippen molar-refractivity contribution >= 4 is 16.8 Å². The van der Waals surface area contributed by atoms with Gasteiger partial charge in [0.05, 0.1) is 0 Å². The van der Waals surface area contributed by atoms with E-state index in [2.05, 4.69) is 24.1 Å². The molecule has 0 fully saturated rings. The maximum atomic E-state index is 12.0. The van der Waals surface area contributed by atoms with Crippen molar-refractivity contribution in [3.8, 4) is 0 Å². The van der Waals surface area contributed by atoms with E-state index in [9.17, 15) is 4.79 Å². The fourth-order valence-corrected chi connectivity index (χ4v) is 1.65. The number of carbonyl (C=O) groups is 1. The summed E-state index contributed by atoms with van der Waals surface area (Å²) in [6.45, 7) is 6.21. The molecular formula is C14H18N2O. The van der Waals surface area contributed by atoms with Crippen molar-refractivity contribution in [1.82, 2.24) is 10.3 Å². The molecule has 0 radical (unpaired) electrons. The van der Waals surface area contributed by atoms with Crippen LogP contribution in [0.4, 0.5) is 0 Å². The van der Waals surface area contributed by atoms with Crippen LogP contribution < -0.4 is 5.32 Å². The lowest BCUT2D eigenvalue weighted by Gasteiger charge is -2.16. The first-order valence-electron chi connectivity index (χ1n) is 5.96. The van der Waals surface area contributed by atoms with Crippen LogP contribution in [0, 0.1) is 5.92 Å². The average Bonchev–Trinajstić information content (AvgIpc) is 2.72. The summed E-state index contributed by atoms with van der Waals surface area (Å²) in [6, 6.07) is 9.95. The van der Waals surface area contributed by atoms with Gasteiger partial charge in [0.25, 0.3) is 5.91 Å². The molecule has 1 atom stereocenters. The average molecular weight is 230 g/mol. The first-order chi connectivity index (χ1) is 8.08. The van der Waals surface area contributed by atoms with Gasteiger partial charge in [0.2, 0.25) is 0 Å². The maximum Gasteiger partial charge on any atom is 0.267 e. The number of hydrogen-bond donors (Lipinski definition) is 2. The number of hydrogen-bond acceptors (Lipinski definition) is 1. The predicted molar refractivity (Wildman–Crippen MR) is 70.1 cm³/mol. The van der Waals surface area contributed by atoms with Gasteiger partial charge in [0.15, 0.2) is 0 Å². The van der Waals surface area contributed by atoms with Crippen molar-refractivity contribution in [1.29, 1.82) is 0 Å². The van der Waals surface area contributed by atoms with E-state index in [1.165, 1.54) is 0 Å². The molecule has 0 saturated carbocycles. The second-order valence-corrected chi connectivity index (χ2v) is 4.78. The number of rotatable bonds is 3. The van der Waals surface area contributed by atoms with Gasteiger partial charge in [-0.15, -0.1) is 0 Å². The van der Waals surface area contributed by atoms with E-state index < -0.39 is 0 Å². The van der Waals surface area contributed by atoms with E-state index in [1.807, 2.05) is 37.3 Å². The van der Waals surface area contributed by atoms with Gasteiger partial charge in [0.1, 0.15) is 5.69 Å². The smallest absolute Gasteiger partial charge is 0.267 e. The second-order valence-electron chi connectivity index (χ2n) is 4.78. The number of para-hydroxylation sites is 1. The zero-order valence-electron chi connectivity index (χ0n) is 10.4. The van der Waals surface area contributed by atoms with Crippen LogP contribution in [0.25, 0.3) is 10.9 Å². The van der Waals surface area contributed by atoms with Crippen molar-refractivity contribution < 1.29 is 4.79 Å². The van der Waals surface area contributed by atoms with Crippen molar-refractivity contribution in [3.63, 3.8) is 0 Å². The van der Waals surface area contributed by atoms with Crippen LogP contribution in [0.15, 0.2) is 30.3 Å². The number of benzene rings is 1. The lowest BCUT2D eigenvalue weighted by atomic mass is 10.1. The molecule has 1 heterocycles. The SMILES string of the molecule is CC(C)C(C)NC(=O)c1cc2ccccc2[nH]1. The van der Waals surface area contributed by atoms with E-state index in [4.69, 9.17) is 0 Å². The first-order valence-corrected chi connectivity index (χ1v) is 5.96. The van der Waals surface area contributed by atoms with Gasteiger partial charge in [-0.2, -0.15) is 0 Å². The van der Waals surface area contributed by atoms with Crippen LogP contribution in [0.5, 0.6) is 0 Å². The van der Waals surface area contributed by atoms with Crippen LogP contribution in [0.2, 0.25) is 0 Å². The summed E-state index contributed by atoms with van der Waals surface area (Å²) >= 11 is 0. The summed E-state index contributed by atoms with van der Waals surface area (Å²) in [5.41, 5.74) is 1.62. The summed E-state index contributed by atoms with van der Waals surface area (Å²) in [7, 11) is 0. The number of fused-ring (bicyclic) bond motifs is 1. The maximum absolute atomic E-state index is 12.0. The van der Waals surface area contributed by atoms with Crippen LogP contribution in [0.1, 0.15) is 31.3 Å². The van der Waals surface area contributed by atoms with Crippen LogP contribution in [0.3, 0.4) is 0 Å². The summed E-state index contributed by atoms with van der Waals surface area (Å²) < 4.78 is 0. The molecule has 90 valence electrons. The molecule has 17 heavy (non-hydrogen) atoms. The Morgan fingerprint density at radius 1 is 1.24 bits per heavy atom. The Labute approximate surface area is 101 Å². The van der Waals surface area contributed by atoms with Gasteiger partial charge in [-0.1, -0.05) is 32.0 Å². The largest absolute Gasteiger partial charge is 0.351 e. The Hall–Kier alpha value is -1.77. The minimum absolute atomic E-state index is 0.0394. The highest BCUT2D eigenvalue weighted by Crippen LogP contribution is 2.14. The molecule has 2 aromatic rings. The minimum atomic E-state index is -0.0394.